The lowest BCUT2D eigenvalue weighted by atomic mass is 10.1. The van der Waals surface area contributed by atoms with Gasteiger partial charge in [0.25, 0.3) is 0 Å². The molecule has 4 rings (SSSR count). The molecule has 0 spiro atoms. The van der Waals surface area contributed by atoms with Crippen molar-refractivity contribution in [3.8, 4) is 23.1 Å². The summed E-state index contributed by atoms with van der Waals surface area (Å²) in [6.45, 7) is 1.32. The van der Waals surface area contributed by atoms with Gasteiger partial charge in [-0.05, 0) is 24.3 Å². The number of methoxy groups -OCH3 is 3. The van der Waals surface area contributed by atoms with E-state index in [0.29, 0.717) is 47.9 Å². The first-order valence-electron chi connectivity index (χ1n) is 11.0. The number of nitrogens with zero attached hydrogens (tertiary/aromatic N) is 2. The largest absolute Gasteiger partial charge is 0.493 e. The smallest absolute Gasteiger partial charge is 0.227 e. The van der Waals surface area contributed by atoms with Crippen molar-refractivity contribution in [2.45, 2.75) is 25.8 Å². The summed E-state index contributed by atoms with van der Waals surface area (Å²) in [5, 5.41) is 2.91. The van der Waals surface area contributed by atoms with E-state index >= 15 is 0 Å². The zero-order chi connectivity index (χ0) is 23.4. The lowest BCUT2D eigenvalue weighted by Crippen LogP contribution is -2.32. The summed E-state index contributed by atoms with van der Waals surface area (Å²) in [5.74, 6) is 1.84. The summed E-state index contributed by atoms with van der Waals surface area (Å²) in [6.07, 6.45) is 4.29. The average molecular weight is 456 g/mol. The Hall–Kier alpha value is -3.49. The van der Waals surface area contributed by atoms with E-state index in [1.165, 1.54) is 34.2 Å². The Bertz CT molecular complexity index is 981. The number of aromatic nitrogens is 1. The number of amides is 2. The molecule has 1 saturated heterocycles. The van der Waals surface area contributed by atoms with E-state index in [4.69, 9.17) is 18.9 Å². The molecular weight excluding hydrogens is 426 g/mol. The molecule has 1 unspecified atom stereocenters. The van der Waals surface area contributed by atoms with Crippen molar-refractivity contribution in [2.24, 2.45) is 11.8 Å². The van der Waals surface area contributed by atoms with Crippen LogP contribution in [0.2, 0.25) is 0 Å². The molecule has 1 aromatic heterocycles. The van der Waals surface area contributed by atoms with Crippen molar-refractivity contribution in [2.75, 3.05) is 39.4 Å². The van der Waals surface area contributed by atoms with Crippen molar-refractivity contribution < 1.29 is 28.5 Å². The van der Waals surface area contributed by atoms with Crippen molar-refractivity contribution in [1.82, 2.24) is 10.3 Å². The van der Waals surface area contributed by atoms with Crippen LogP contribution in [0, 0.1) is 11.8 Å². The van der Waals surface area contributed by atoms with Gasteiger partial charge < -0.3 is 29.2 Å². The maximum absolute atomic E-state index is 12.7. The fraction of sp³-hybridized carbons (Fsp3) is 0.458. The quantitative estimate of drug-likeness (QED) is 0.588. The first-order valence-corrected chi connectivity index (χ1v) is 11.0. The summed E-state index contributed by atoms with van der Waals surface area (Å²) < 4.78 is 21.7. The van der Waals surface area contributed by atoms with E-state index in [1.54, 1.807) is 23.2 Å². The first kappa shape index (κ1) is 22.7. The molecule has 9 heteroatoms. The lowest BCUT2D eigenvalue weighted by molar-refractivity contribution is -0.126. The second-order valence-electron chi connectivity index (χ2n) is 8.27. The molecule has 0 bridgehead atoms. The van der Waals surface area contributed by atoms with E-state index in [-0.39, 0.29) is 24.8 Å². The maximum atomic E-state index is 12.7. The third-order valence-electron chi connectivity index (χ3n) is 5.89. The van der Waals surface area contributed by atoms with Crippen LogP contribution >= 0.6 is 0 Å². The molecule has 1 aliphatic carbocycles. The Balaban J connectivity index is 1.35. The fourth-order valence-electron chi connectivity index (χ4n) is 3.78. The summed E-state index contributed by atoms with van der Waals surface area (Å²) in [7, 11) is 4.55. The number of nitrogens with one attached hydrogen (secondary N) is 1. The van der Waals surface area contributed by atoms with E-state index in [9.17, 15) is 9.59 Å². The van der Waals surface area contributed by atoms with Crippen LogP contribution in [-0.4, -0.2) is 51.3 Å². The number of anilines is 1. The fourth-order valence-corrected chi connectivity index (χ4v) is 3.78. The molecule has 1 saturated carbocycles. The number of pyridine rings is 1. The first-order chi connectivity index (χ1) is 16.0. The predicted octanol–water partition coefficient (Wildman–Crippen LogP) is 2.57. The van der Waals surface area contributed by atoms with Gasteiger partial charge in [-0.3, -0.25) is 9.59 Å². The minimum atomic E-state index is -0.453. The second kappa shape index (κ2) is 9.97. The molecule has 1 atom stereocenters. The lowest BCUT2D eigenvalue weighted by Gasteiger charge is -2.20. The number of hydrogen-bond donors (Lipinski definition) is 1. The van der Waals surface area contributed by atoms with Crippen molar-refractivity contribution in [3.63, 3.8) is 0 Å². The zero-order valence-corrected chi connectivity index (χ0v) is 19.1. The minimum absolute atomic E-state index is 0.134. The Kier molecular flexibility index (Phi) is 6.86. The number of hydrogen-bond acceptors (Lipinski definition) is 7. The molecule has 176 valence electrons. The van der Waals surface area contributed by atoms with E-state index in [0.717, 1.165) is 5.56 Å². The highest BCUT2D eigenvalue weighted by Gasteiger charge is 2.36. The van der Waals surface area contributed by atoms with Crippen molar-refractivity contribution in [1.29, 1.82) is 0 Å². The van der Waals surface area contributed by atoms with Gasteiger partial charge in [0, 0.05) is 43.9 Å². The van der Waals surface area contributed by atoms with Crippen LogP contribution < -0.4 is 29.2 Å². The normalized spacial score (nSPS) is 17.6. The van der Waals surface area contributed by atoms with Gasteiger partial charge >= 0.3 is 0 Å². The van der Waals surface area contributed by atoms with Crippen LogP contribution in [0.25, 0.3) is 0 Å². The molecule has 33 heavy (non-hydrogen) atoms. The number of benzene rings is 1. The Morgan fingerprint density at radius 2 is 1.85 bits per heavy atom. The molecule has 2 fully saturated rings. The van der Waals surface area contributed by atoms with Crippen molar-refractivity contribution in [3.05, 3.63) is 36.0 Å². The number of rotatable bonds is 10. The third-order valence-corrected chi connectivity index (χ3v) is 5.89. The molecule has 2 aliphatic rings. The van der Waals surface area contributed by atoms with Crippen molar-refractivity contribution >= 4 is 17.5 Å². The number of ether oxygens (including phenoxy) is 4. The molecule has 2 amide bonds. The van der Waals surface area contributed by atoms with Crippen LogP contribution in [0.15, 0.2) is 30.5 Å². The third kappa shape index (κ3) is 5.30. The van der Waals surface area contributed by atoms with Crippen LogP contribution in [0.4, 0.5) is 5.69 Å². The van der Waals surface area contributed by atoms with Gasteiger partial charge in [-0.15, -0.1) is 0 Å². The number of carbonyl (C=O) groups excluding carboxylic acids is 2. The summed E-state index contributed by atoms with van der Waals surface area (Å²) in [6, 6.07) is 7.11. The minimum Gasteiger partial charge on any atom is -0.493 e. The second-order valence-corrected chi connectivity index (χ2v) is 8.27. The summed E-state index contributed by atoms with van der Waals surface area (Å²) >= 11 is 0. The summed E-state index contributed by atoms with van der Waals surface area (Å²) in [5.41, 5.74) is 1.46. The van der Waals surface area contributed by atoms with Crippen LogP contribution in [0.3, 0.4) is 0 Å². The molecule has 1 aromatic carbocycles. The monoisotopic (exact) mass is 455 g/mol. The molecule has 2 heterocycles. The number of carbonyl (C=O) groups is 2. The molecule has 0 radical (unpaired) electrons. The standard InChI is InChI=1S/C24H29N3O6/c1-30-19-9-18(10-20(31-2)23(19)32-3)27-13-17(8-22(27)28)24(29)26-12-16-6-7-21(25-11-16)33-14-15-4-5-15/h6-7,9-11,15,17H,4-5,8,12-14H2,1-3H3,(H,26,29). The average Bonchev–Trinajstić information content (AvgIpc) is 3.60. The van der Waals surface area contributed by atoms with Gasteiger partial charge in [-0.2, -0.15) is 0 Å². The van der Waals surface area contributed by atoms with Gasteiger partial charge in [-0.1, -0.05) is 6.07 Å². The highest BCUT2D eigenvalue weighted by Crippen LogP contribution is 2.42. The zero-order valence-electron chi connectivity index (χ0n) is 19.1. The summed E-state index contributed by atoms with van der Waals surface area (Å²) in [4.78, 5) is 31.3. The highest BCUT2D eigenvalue weighted by molar-refractivity contribution is 6.00. The SMILES string of the molecule is COc1cc(N2CC(C(=O)NCc3ccc(OCC4CC4)nc3)CC2=O)cc(OC)c1OC. The Morgan fingerprint density at radius 3 is 2.42 bits per heavy atom. The van der Waals surface area contributed by atoms with Crippen LogP contribution in [0.5, 0.6) is 23.1 Å². The molecular formula is C24H29N3O6. The molecule has 2 aromatic rings. The van der Waals surface area contributed by atoms with Gasteiger partial charge in [0.2, 0.25) is 23.4 Å². The van der Waals surface area contributed by atoms with Gasteiger partial charge in [0.05, 0.1) is 39.5 Å². The van der Waals surface area contributed by atoms with Gasteiger partial charge in [0.1, 0.15) is 0 Å². The Morgan fingerprint density at radius 1 is 1.12 bits per heavy atom. The van der Waals surface area contributed by atoms with E-state index in [1.807, 2.05) is 12.1 Å². The predicted molar refractivity (Wildman–Crippen MR) is 121 cm³/mol. The molecule has 9 nitrogen and oxygen atoms in total. The van der Waals surface area contributed by atoms with Gasteiger partial charge in [0.15, 0.2) is 11.5 Å². The van der Waals surface area contributed by atoms with Crippen LogP contribution in [0.1, 0.15) is 24.8 Å². The van der Waals surface area contributed by atoms with E-state index in [2.05, 4.69) is 10.3 Å². The van der Waals surface area contributed by atoms with E-state index < -0.39 is 5.92 Å². The molecule has 1 aliphatic heterocycles. The van der Waals surface area contributed by atoms with Gasteiger partial charge in [-0.25, -0.2) is 4.98 Å². The Labute approximate surface area is 193 Å². The molecule has 1 N–H and O–H groups in total. The van der Waals surface area contributed by atoms with Crippen LogP contribution in [-0.2, 0) is 16.1 Å². The topological polar surface area (TPSA) is 99.2 Å². The maximum Gasteiger partial charge on any atom is 0.227 e. The highest BCUT2D eigenvalue weighted by atomic mass is 16.5.